The molecule has 0 spiro atoms. The Morgan fingerprint density at radius 2 is 2.05 bits per heavy atom. The van der Waals surface area contributed by atoms with Crippen LogP contribution in [-0.2, 0) is 10.0 Å². The van der Waals surface area contributed by atoms with Crippen LogP contribution in [0.5, 0.6) is 0 Å². The number of nitrogens with one attached hydrogen (secondary N) is 2. The van der Waals surface area contributed by atoms with Crippen LogP contribution in [0, 0.1) is 5.82 Å². The summed E-state index contributed by atoms with van der Waals surface area (Å²) >= 11 is 9.04. The lowest BCUT2D eigenvalue weighted by molar-refractivity contribution is 0.598. The third kappa shape index (κ3) is 3.63. The van der Waals surface area contributed by atoms with Gasteiger partial charge in [-0.05, 0) is 24.3 Å². The molecule has 0 bridgehead atoms. The number of rotatable bonds is 4. The van der Waals surface area contributed by atoms with E-state index in [-0.39, 0.29) is 15.6 Å². The van der Waals surface area contributed by atoms with Gasteiger partial charge in [0.25, 0.3) is 10.0 Å². The second-order valence-corrected chi connectivity index (χ2v) is 6.99. The minimum absolute atomic E-state index is 0.148. The molecule has 0 atom stereocenters. The molecule has 0 aliphatic heterocycles. The number of benzene rings is 1. The molecule has 2 N–H and O–H groups in total. The van der Waals surface area contributed by atoms with Gasteiger partial charge in [0.2, 0.25) is 0 Å². The molecule has 0 saturated heterocycles. The summed E-state index contributed by atoms with van der Waals surface area (Å²) < 4.78 is 40.7. The molecule has 0 unspecified atom stereocenters. The van der Waals surface area contributed by atoms with Gasteiger partial charge < -0.3 is 5.32 Å². The average Bonchev–Trinajstić information content (AvgIpc) is 2.42. The molecule has 2 rings (SSSR count). The first-order chi connectivity index (χ1) is 9.83. The molecule has 0 saturated carbocycles. The summed E-state index contributed by atoms with van der Waals surface area (Å²) in [5.74, 6) is -0.336. The topological polar surface area (TPSA) is 71.1 Å². The van der Waals surface area contributed by atoms with E-state index in [1.807, 2.05) is 0 Å². The number of anilines is 2. The number of pyridine rings is 1. The highest BCUT2D eigenvalue weighted by Gasteiger charge is 2.18. The molecule has 1 heterocycles. The predicted molar refractivity (Wildman–Crippen MR) is 83.7 cm³/mol. The molecule has 0 aliphatic carbocycles. The van der Waals surface area contributed by atoms with E-state index in [0.29, 0.717) is 10.3 Å². The molecule has 0 aliphatic rings. The molecule has 1 aromatic heterocycles. The van der Waals surface area contributed by atoms with Gasteiger partial charge in [-0.2, -0.15) is 0 Å². The number of hydrogen-bond acceptors (Lipinski definition) is 4. The van der Waals surface area contributed by atoms with E-state index in [1.54, 1.807) is 7.05 Å². The maximum absolute atomic E-state index is 13.6. The fraction of sp³-hybridized carbons (Fsp3) is 0.0833. The van der Waals surface area contributed by atoms with Gasteiger partial charge in [-0.15, -0.1) is 0 Å². The Hall–Kier alpha value is -1.38. The summed E-state index contributed by atoms with van der Waals surface area (Å²) in [7, 11) is -2.38. The first kappa shape index (κ1) is 16.0. The van der Waals surface area contributed by atoms with E-state index in [0.717, 1.165) is 12.3 Å². The summed E-state index contributed by atoms with van der Waals surface area (Å²) in [6, 6.07) is 5.17. The molecule has 0 radical (unpaired) electrons. The largest absolute Gasteiger partial charge is 0.372 e. The van der Waals surface area contributed by atoms with Crippen LogP contribution in [0.3, 0.4) is 0 Å². The Morgan fingerprint density at radius 3 is 2.67 bits per heavy atom. The van der Waals surface area contributed by atoms with Gasteiger partial charge in [-0.1, -0.05) is 27.5 Å². The summed E-state index contributed by atoms with van der Waals surface area (Å²) in [6.45, 7) is 0. The molecule has 5 nitrogen and oxygen atoms in total. The van der Waals surface area contributed by atoms with E-state index >= 15 is 0 Å². The molecular weight excluding hydrogens is 385 g/mol. The zero-order chi connectivity index (χ0) is 15.6. The highest BCUT2D eigenvalue weighted by Crippen LogP contribution is 2.26. The van der Waals surface area contributed by atoms with Crippen LogP contribution in [0.2, 0.25) is 5.02 Å². The second kappa shape index (κ2) is 6.17. The first-order valence-electron chi connectivity index (χ1n) is 5.64. The highest BCUT2D eigenvalue weighted by atomic mass is 79.9. The summed E-state index contributed by atoms with van der Waals surface area (Å²) in [6.07, 6.45) is 1.13. The zero-order valence-electron chi connectivity index (χ0n) is 10.7. The number of nitrogens with zero attached hydrogens (tertiary/aromatic N) is 1. The van der Waals surface area contributed by atoms with Crippen LogP contribution in [0.15, 0.2) is 39.8 Å². The second-order valence-electron chi connectivity index (χ2n) is 3.98. The van der Waals surface area contributed by atoms with Crippen molar-refractivity contribution in [2.75, 3.05) is 17.1 Å². The van der Waals surface area contributed by atoms with Crippen LogP contribution in [0.25, 0.3) is 0 Å². The fourth-order valence-corrected chi connectivity index (χ4v) is 3.25. The smallest absolute Gasteiger partial charge is 0.263 e. The van der Waals surface area contributed by atoms with Crippen molar-refractivity contribution in [2.24, 2.45) is 0 Å². The van der Waals surface area contributed by atoms with Gasteiger partial charge in [0, 0.05) is 17.7 Å². The monoisotopic (exact) mass is 393 g/mol. The summed E-state index contributed by atoms with van der Waals surface area (Å²) in [4.78, 5) is 3.72. The summed E-state index contributed by atoms with van der Waals surface area (Å²) in [5, 5.41) is 2.86. The Bertz CT molecular complexity index is 786. The van der Waals surface area contributed by atoms with E-state index in [9.17, 15) is 12.8 Å². The molecule has 9 heteroatoms. The molecule has 1 aromatic carbocycles. The lowest BCUT2D eigenvalue weighted by Crippen LogP contribution is -2.14. The average molecular weight is 395 g/mol. The Kier molecular flexibility index (Phi) is 4.70. The van der Waals surface area contributed by atoms with Crippen LogP contribution in [0.1, 0.15) is 0 Å². The van der Waals surface area contributed by atoms with Gasteiger partial charge in [0.05, 0.1) is 10.7 Å². The van der Waals surface area contributed by atoms with Crippen molar-refractivity contribution < 1.29 is 12.8 Å². The van der Waals surface area contributed by atoms with Gasteiger partial charge in [-0.25, -0.2) is 17.8 Å². The minimum atomic E-state index is -3.99. The van der Waals surface area contributed by atoms with Crippen LogP contribution < -0.4 is 10.0 Å². The van der Waals surface area contributed by atoms with Crippen LogP contribution >= 0.6 is 27.5 Å². The molecular formula is C12H10BrClFN3O2S. The van der Waals surface area contributed by atoms with Crippen molar-refractivity contribution in [1.82, 2.24) is 4.98 Å². The van der Waals surface area contributed by atoms with Gasteiger partial charge in [0.15, 0.2) is 0 Å². The third-order valence-electron chi connectivity index (χ3n) is 2.54. The Labute approximate surface area is 134 Å². The van der Waals surface area contributed by atoms with Crippen molar-refractivity contribution in [1.29, 1.82) is 0 Å². The van der Waals surface area contributed by atoms with Crippen LogP contribution in [0.4, 0.5) is 15.9 Å². The lowest BCUT2D eigenvalue weighted by Gasteiger charge is -2.10. The van der Waals surface area contributed by atoms with E-state index in [2.05, 4.69) is 31.0 Å². The number of halogens is 3. The van der Waals surface area contributed by atoms with Gasteiger partial charge in [0.1, 0.15) is 16.5 Å². The molecule has 0 amide bonds. The minimum Gasteiger partial charge on any atom is -0.372 e. The van der Waals surface area contributed by atoms with Crippen molar-refractivity contribution in [3.63, 3.8) is 0 Å². The maximum Gasteiger partial charge on any atom is 0.263 e. The van der Waals surface area contributed by atoms with E-state index in [4.69, 9.17) is 11.6 Å². The van der Waals surface area contributed by atoms with E-state index < -0.39 is 15.8 Å². The number of aromatic nitrogens is 1. The standard InChI is InChI=1S/C12H10BrClFN3O2S/c1-16-12-9(14)5-8(6-17-12)21(19,20)18-11-4-7(13)2-3-10(11)15/h2-6,18H,1H3,(H,16,17). The zero-order valence-corrected chi connectivity index (χ0v) is 13.9. The molecule has 112 valence electrons. The number of hydrogen-bond donors (Lipinski definition) is 2. The van der Waals surface area contributed by atoms with Crippen molar-refractivity contribution in [2.45, 2.75) is 4.90 Å². The molecule has 0 fully saturated rings. The quantitative estimate of drug-likeness (QED) is 0.833. The van der Waals surface area contributed by atoms with Crippen LogP contribution in [-0.4, -0.2) is 20.4 Å². The van der Waals surface area contributed by atoms with Gasteiger partial charge >= 0.3 is 0 Å². The summed E-state index contributed by atoms with van der Waals surface area (Å²) in [5.41, 5.74) is -0.168. The lowest BCUT2D eigenvalue weighted by atomic mass is 10.3. The molecule has 2 aromatic rings. The fourth-order valence-electron chi connectivity index (χ4n) is 1.53. The number of sulfonamides is 1. The van der Waals surface area contributed by atoms with Crippen molar-refractivity contribution in [3.05, 3.63) is 45.8 Å². The maximum atomic E-state index is 13.6. The van der Waals surface area contributed by atoms with E-state index in [1.165, 1.54) is 18.2 Å². The normalized spacial score (nSPS) is 11.2. The highest BCUT2D eigenvalue weighted by molar-refractivity contribution is 9.10. The molecule has 21 heavy (non-hydrogen) atoms. The van der Waals surface area contributed by atoms with Crippen molar-refractivity contribution >= 4 is 49.1 Å². The Balaban J connectivity index is 2.38. The first-order valence-corrected chi connectivity index (χ1v) is 8.30. The SMILES string of the molecule is CNc1ncc(S(=O)(=O)Nc2cc(Br)ccc2F)cc1Cl. The van der Waals surface area contributed by atoms with Crippen molar-refractivity contribution in [3.8, 4) is 0 Å². The third-order valence-corrected chi connectivity index (χ3v) is 4.65. The Morgan fingerprint density at radius 1 is 1.33 bits per heavy atom. The predicted octanol–water partition coefficient (Wildman–Crippen LogP) is 3.48. The van der Waals surface area contributed by atoms with Gasteiger partial charge in [-0.3, -0.25) is 4.72 Å².